The molecule has 7 heteroatoms. The highest BCUT2D eigenvalue weighted by atomic mass is 16.6. The highest BCUT2D eigenvalue weighted by Gasteiger charge is 2.15. The molecule has 28 heavy (non-hydrogen) atoms. The van der Waals surface area contributed by atoms with Crippen LogP contribution in [0.1, 0.15) is 11.1 Å². The molecule has 0 amide bonds. The number of benzene rings is 3. The van der Waals surface area contributed by atoms with Crippen molar-refractivity contribution in [1.82, 2.24) is 15.0 Å². The summed E-state index contributed by atoms with van der Waals surface area (Å²) in [4.78, 5) is 14.8. The fraction of sp³-hybridized carbons (Fsp3) is 0.0952. The number of hydrogen-bond donors (Lipinski definition) is 2. The van der Waals surface area contributed by atoms with Crippen LogP contribution in [-0.4, -0.2) is 19.8 Å². The molecule has 0 spiro atoms. The second-order valence-corrected chi connectivity index (χ2v) is 6.46. The molecule has 0 fully saturated rings. The molecule has 0 aliphatic heterocycles. The minimum atomic E-state index is -0.497. The first-order chi connectivity index (χ1) is 13.6. The zero-order chi connectivity index (χ0) is 19.5. The van der Waals surface area contributed by atoms with Crippen LogP contribution in [0.25, 0.3) is 22.4 Å². The molecule has 140 valence electrons. The number of fused-ring (bicyclic) bond motifs is 1. The van der Waals surface area contributed by atoms with Crippen LogP contribution in [0.4, 0.5) is 5.69 Å². The van der Waals surface area contributed by atoms with E-state index in [9.17, 15) is 15.3 Å². The van der Waals surface area contributed by atoms with E-state index in [-0.39, 0.29) is 5.69 Å². The van der Waals surface area contributed by atoms with Gasteiger partial charge in [-0.25, -0.2) is 4.98 Å². The van der Waals surface area contributed by atoms with Crippen molar-refractivity contribution in [2.75, 3.05) is 0 Å². The second-order valence-electron chi connectivity index (χ2n) is 6.46. The highest BCUT2D eigenvalue weighted by molar-refractivity contribution is 5.82. The summed E-state index contributed by atoms with van der Waals surface area (Å²) in [5.41, 5.74) is 3.77. The molecule has 1 aromatic heterocycles. The molecule has 0 bridgehead atoms. The Morgan fingerprint density at radius 1 is 0.964 bits per heavy atom. The van der Waals surface area contributed by atoms with Crippen molar-refractivity contribution in [2.45, 2.75) is 13.1 Å². The summed E-state index contributed by atoms with van der Waals surface area (Å²) in [5.74, 6) is 0.347. The smallest absolute Gasteiger partial charge is 0.271 e. The lowest BCUT2D eigenvalue weighted by Gasteiger charge is -2.06. The summed E-state index contributed by atoms with van der Waals surface area (Å²) in [6.07, 6.45) is 0. The average Bonchev–Trinajstić information content (AvgIpc) is 3.05. The van der Waals surface area contributed by atoms with Gasteiger partial charge in [-0.2, -0.15) is 4.73 Å². The van der Waals surface area contributed by atoms with Gasteiger partial charge in [0.2, 0.25) is 0 Å². The number of nitro groups is 1. The van der Waals surface area contributed by atoms with E-state index in [1.165, 1.54) is 23.8 Å². The standard InChI is InChI=1S/C21H18N4O3/c26-24-20-12-18(25(27)28)10-11-19(20)23-21(24)17-8-6-16(7-9-17)14-22-13-15-4-2-1-3-5-15/h1-12,22,26H,13-14H2. The molecule has 1 heterocycles. The van der Waals surface area contributed by atoms with E-state index in [0.717, 1.165) is 28.9 Å². The van der Waals surface area contributed by atoms with E-state index in [1.807, 2.05) is 42.5 Å². The van der Waals surface area contributed by atoms with Crippen LogP contribution < -0.4 is 5.32 Å². The van der Waals surface area contributed by atoms with E-state index in [2.05, 4.69) is 22.4 Å². The summed E-state index contributed by atoms with van der Waals surface area (Å²) in [7, 11) is 0. The number of non-ortho nitro benzene ring substituents is 1. The Morgan fingerprint density at radius 3 is 2.32 bits per heavy atom. The van der Waals surface area contributed by atoms with Gasteiger partial charge in [0.15, 0.2) is 5.82 Å². The van der Waals surface area contributed by atoms with Crippen LogP contribution in [0.5, 0.6) is 0 Å². The molecule has 4 rings (SSSR count). The van der Waals surface area contributed by atoms with Gasteiger partial charge in [-0.3, -0.25) is 10.1 Å². The normalized spacial score (nSPS) is 11.0. The number of nitro benzene ring substituents is 1. The fourth-order valence-corrected chi connectivity index (χ4v) is 3.07. The molecule has 4 aromatic rings. The number of hydrogen-bond acceptors (Lipinski definition) is 5. The molecule has 0 unspecified atom stereocenters. The molecule has 0 atom stereocenters. The second kappa shape index (κ2) is 7.50. The maximum absolute atomic E-state index is 10.9. The quantitative estimate of drug-likeness (QED) is 0.301. The molecule has 2 N–H and O–H groups in total. The van der Waals surface area contributed by atoms with Gasteiger partial charge in [-0.05, 0) is 17.2 Å². The predicted molar refractivity (Wildman–Crippen MR) is 106 cm³/mol. The number of nitrogens with zero attached hydrogens (tertiary/aromatic N) is 3. The van der Waals surface area contributed by atoms with E-state index in [4.69, 9.17) is 0 Å². The van der Waals surface area contributed by atoms with Crippen molar-refractivity contribution < 1.29 is 10.1 Å². The van der Waals surface area contributed by atoms with Gasteiger partial charge >= 0.3 is 0 Å². The van der Waals surface area contributed by atoms with Crippen LogP contribution in [0.15, 0.2) is 72.8 Å². The Morgan fingerprint density at radius 2 is 1.64 bits per heavy atom. The minimum absolute atomic E-state index is 0.0888. The molecule has 3 aromatic carbocycles. The van der Waals surface area contributed by atoms with Crippen LogP contribution >= 0.6 is 0 Å². The van der Waals surface area contributed by atoms with E-state index < -0.39 is 4.92 Å². The minimum Gasteiger partial charge on any atom is -0.426 e. The summed E-state index contributed by atoms with van der Waals surface area (Å²) in [5, 5.41) is 24.7. The molecular formula is C21H18N4O3. The lowest BCUT2D eigenvalue weighted by molar-refractivity contribution is -0.384. The van der Waals surface area contributed by atoms with E-state index in [1.54, 1.807) is 0 Å². The Labute approximate surface area is 161 Å². The predicted octanol–water partition coefficient (Wildman–Crippen LogP) is 4.14. The summed E-state index contributed by atoms with van der Waals surface area (Å²) in [6, 6.07) is 22.1. The molecule has 0 radical (unpaired) electrons. The first-order valence-corrected chi connectivity index (χ1v) is 8.82. The van der Waals surface area contributed by atoms with Gasteiger partial charge in [0, 0.05) is 30.8 Å². The van der Waals surface area contributed by atoms with Crippen molar-refractivity contribution in [2.24, 2.45) is 0 Å². The van der Waals surface area contributed by atoms with Crippen LogP contribution in [-0.2, 0) is 13.1 Å². The number of aromatic nitrogens is 2. The zero-order valence-corrected chi connectivity index (χ0v) is 14.9. The van der Waals surface area contributed by atoms with Crippen molar-refractivity contribution in [3.05, 3.63) is 94.0 Å². The van der Waals surface area contributed by atoms with Gasteiger partial charge < -0.3 is 10.5 Å². The van der Waals surface area contributed by atoms with Gasteiger partial charge in [0.25, 0.3) is 5.69 Å². The number of rotatable bonds is 6. The summed E-state index contributed by atoms with van der Waals surface area (Å²) < 4.78 is 0.894. The van der Waals surface area contributed by atoms with Crippen molar-refractivity contribution in [3.8, 4) is 11.4 Å². The average molecular weight is 374 g/mol. The van der Waals surface area contributed by atoms with E-state index >= 15 is 0 Å². The van der Waals surface area contributed by atoms with Crippen LogP contribution in [0, 0.1) is 10.1 Å². The van der Waals surface area contributed by atoms with Crippen molar-refractivity contribution in [3.63, 3.8) is 0 Å². The monoisotopic (exact) mass is 374 g/mol. The Hall–Kier alpha value is -3.71. The first kappa shape index (κ1) is 17.7. The van der Waals surface area contributed by atoms with Crippen molar-refractivity contribution >= 4 is 16.7 Å². The molecule has 0 aliphatic rings. The first-order valence-electron chi connectivity index (χ1n) is 8.82. The third kappa shape index (κ3) is 3.56. The lowest BCUT2D eigenvalue weighted by atomic mass is 10.1. The van der Waals surface area contributed by atoms with Gasteiger partial charge in [-0.15, -0.1) is 0 Å². The molecule has 7 nitrogen and oxygen atoms in total. The van der Waals surface area contributed by atoms with Gasteiger partial charge in [0.1, 0.15) is 5.52 Å². The number of imidazole rings is 1. The highest BCUT2D eigenvalue weighted by Crippen LogP contribution is 2.26. The summed E-state index contributed by atoms with van der Waals surface area (Å²) >= 11 is 0. The zero-order valence-electron chi connectivity index (χ0n) is 14.9. The van der Waals surface area contributed by atoms with Gasteiger partial charge in [-0.1, -0.05) is 54.6 Å². The number of nitrogens with one attached hydrogen (secondary N) is 1. The summed E-state index contributed by atoms with van der Waals surface area (Å²) in [6.45, 7) is 1.50. The Balaban J connectivity index is 1.50. The third-order valence-corrected chi connectivity index (χ3v) is 4.54. The molecule has 0 aliphatic carbocycles. The lowest BCUT2D eigenvalue weighted by Crippen LogP contribution is -2.12. The molecule has 0 saturated heterocycles. The Bertz CT molecular complexity index is 1120. The Kier molecular flexibility index (Phi) is 4.74. The van der Waals surface area contributed by atoms with Crippen molar-refractivity contribution in [1.29, 1.82) is 0 Å². The van der Waals surface area contributed by atoms with Gasteiger partial charge in [0.05, 0.1) is 10.4 Å². The maximum atomic E-state index is 10.9. The molecule has 0 saturated carbocycles. The topological polar surface area (TPSA) is 93.2 Å². The SMILES string of the molecule is O=[N+]([O-])c1ccc2nc(-c3ccc(CNCc4ccccc4)cc3)n(O)c2c1. The third-order valence-electron chi connectivity index (χ3n) is 4.54. The van der Waals surface area contributed by atoms with E-state index in [0.29, 0.717) is 16.9 Å². The van der Waals surface area contributed by atoms with Crippen LogP contribution in [0.2, 0.25) is 0 Å². The van der Waals surface area contributed by atoms with Crippen LogP contribution in [0.3, 0.4) is 0 Å². The maximum Gasteiger partial charge on any atom is 0.271 e. The molecular weight excluding hydrogens is 356 g/mol. The largest absolute Gasteiger partial charge is 0.426 e. The fourth-order valence-electron chi connectivity index (χ4n) is 3.07.